The summed E-state index contributed by atoms with van der Waals surface area (Å²) in [5.74, 6) is 0.393. The van der Waals surface area contributed by atoms with E-state index in [2.05, 4.69) is 10.4 Å². The lowest BCUT2D eigenvalue weighted by Gasteiger charge is -2.25. The highest BCUT2D eigenvalue weighted by Crippen LogP contribution is 2.21. The van der Waals surface area contributed by atoms with Crippen molar-refractivity contribution in [3.05, 3.63) is 77.1 Å². The quantitative estimate of drug-likeness (QED) is 0.711. The van der Waals surface area contributed by atoms with Gasteiger partial charge in [0, 0.05) is 17.3 Å². The molecule has 0 saturated carbocycles. The summed E-state index contributed by atoms with van der Waals surface area (Å²) in [6.45, 7) is 5.82. The van der Waals surface area contributed by atoms with Crippen molar-refractivity contribution >= 4 is 11.6 Å². The van der Waals surface area contributed by atoms with E-state index < -0.39 is 5.54 Å². The van der Waals surface area contributed by atoms with E-state index in [1.54, 1.807) is 44.2 Å². The van der Waals surface area contributed by atoms with Gasteiger partial charge in [-0.2, -0.15) is 5.10 Å². The molecule has 0 aliphatic carbocycles. The summed E-state index contributed by atoms with van der Waals surface area (Å²) in [5.41, 5.74) is 0.599. The summed E-state index contributed by atoms with van der Waals surface area (Å²) in [6, 6.07) is 19.7. The van der Waals surface area contributed by atoms with E-state index in [1.165, 1.54) is 10.7 Å². The van der Waals surface area contributed by atoms with Crippen LogP contribution in [0.25, 0.3) is 11.3 Å². The Bertz CT molecular complexity index is 1010. The van der Waals surface area contributed by atoms with Crippen LogP contribution in [0.3, 0.4) is 0 Å². The molecule has 1 heterocycles. The Morgan fingerprint density at radius 2 is 1.71 bits per heavy atom. The van der Waals surface area contributed by atoms with Crippen LogP contribution >= 0.6 is 0 Å². The van der Waals surface area contributed by atoms with Crippen molar-refractivity contribution in [2.24, 2.45) is 0 Å². The Morgan fingerprint density at radius 1 is 1.04 bits per heavy atom. The zero-order valence-corrected chi connectivity index (χ0v) is 16.2. The van der Waals surface area contributed by atoms with Gasteiger partial charge in [-0.15, -0.1) is 0 Å². The Balaban J connectivity index is 1.87. The maximum absolute atomic E-state index is 12.9. The molecule has 0 saturated heterocycles. The van der Waals surface area contributed by atoms with Crippen LogP contribution in [0.5, 0.6) is 5.75 Å². The summed E-state index contributed by atoms with van der Waals surface area (Å²) < 4.78 is 6.63. The second-order valence-corrected chi connectivity index (χ2v) is 6.81. The topological polar surface area (TPSA) is 73.2 Å². The molecule has 0 atom stereocenters. The highest BCUT2D eigenvalue weighted by molar-refractivity contribution is 5.96. The maximum Gasteiger partial charge on any atom is 0.267 e. The van der Waals surface area contributed by atoms with E-state index in [-0.39, 0.29) is 11.5 Å². The fraction of sp³-hybridized carbons (Fsp3) is 0.227. The third kappa shape index (κ3) is 4.11. The number of nitrogens with one attached hydrogen (secondary N) is 1. The molecule has 0 fully saturated rings. The predicted octanol–water partition coefficient (Wildman–Crippen LogP) is 3.68. The molecule has 3 aromatic rings. The first-order chi connectivity index (χ1) is 13.4. The molecule has 1 N–H and O–H groups in total. The van der Waals surface area contributed by atoms with Crippen LogP contribution in [0.2, 0.25) is 0 Å². The van der Waals surface area contributed by atoms with Crippen LogP contribution < -0.4 is 15.6 Å². The second-order valence-electron chi connectivity index (χ2n) is 6.81. The molecular weight excluding hydrogens is 354 g/mol. The van der Waals surface area contributed by atoms with Gasteiger partial charge < -0.3 is 10.1 Å². The van der Waals surface area contributed by atoms with Crippen LogP contribution in [0.4, 0.5) is 5.69 Å². The number of nitrogens with zero attached hydrogens (tertiary/aromatic N) is 2. The number of carbonyl (C=O) groups is 1. The highest BCUT2D eigenvalue weighted by atomic mass is 16.5. The fourth-order valence-electron chi connectivity index (χ4n) is 2.76. The molecule has 0 aliphatic heterocycles. The number of aromatic nitrogens is 2. The minimum Gasteiger partial charge on any atom is -0.494 e. The van der Waals surface area contributed by atoms with Crippen molar-refractivity contribution in [1.82, 2.24) is 9.78 Å². The minimum absolute atomic E-state index is 0.337. The molecule has 0 aliphatic rings. The lowest BCUT2D eigenvalue weighted by atomic mass is 10.0. The van der Waals surface area contributed by atoms with Crippen LogP contribution in [0.1, 0.15) is 20.8 Å². The van der Waals surface area contributed by atoms with Crippen molar-refractivity contribution < 1.29 is 9.53 Å². The Hall–Kier alpha value is -3.41. The number of ether oxygens (including phenoxy) is 1. The zero-order valence-electron chi connectivity index (χ0n) is 16.2. The average molecular weight is 377 g/mol. The third-order valence-corrected chi connectivity index (χ3v) is 4.38. The SMILES string of the molecule is CCOc1ccc(NC(=O)C(C)(C)n2nc(-c3ccccc3)ccc2=O)cc1. The van der Waals surface area contributed by atoms with Crippen LogP contribution in [-0.2, 0) is 10.3 Å². The van der Waals surface area contributed by atoms with E-state index >= 15 is 0 Å². The summed E-state index contributed by atoms with van der Waals surface area (Å²) in [6.07, 6.45) is 0. The number of rotatable bonds is 6. The van der Waals surface area contributed by atoms with E-state index in [9.17, 15) is 9.59 Å². The minimum atomic E-state index is -1.18. The predicted molar refractivity (Wildman–Crippen MR) is 109 cm³/mol. The monoisotopic (exact) mass is 377 g/mol. The molecule has 6 nitrogen and oxygen atoms in total. The molecule has 6 heteroatoms. The molecule has 0 radical (unpaired) electrons. The number of carbonyl (C=O) groups excluding carboxylic acids is 1. The van der Waals surface area contributed by atoms with Gasteiger partial charge in [-0.3, -0.25) is 9.59 Å². The summed E-state index contributed by atoms with van der Waals surface area (Å²) in [5, 5.41) is 7.28. The smallest absolute Gasteiger partial charge is 0.267 e. The van der Waals surface area contributed by atoms with Crippen molar-refractivity contribution in [3.8, 4) is 17.0 Å². The molecule has 0 bridgehead atoms. The van der Waals surface area contributed by atoms with Crippen molar-refractivity contribution in [2.45, 2.75) is 26.3 Å². The second kappa shape index (κ2) is 8.08. The third-order valence-electron chi connectivity index (χ3n) is 4.38. The lowest BCUT2D eigenvalue weighted by Crippen LogP contribution is -2.47. The van der Waals surface area contributed by atoms with Gasteiger partial charge in [0.05, 0.1) is 12.3 Å². The van der Waals surface area contributed by atoms with E-state index in [1.807, 2.05) is 37.3 Å². The Kier molecular flexibility index (Phi) is 5.59. The molecule has 1 amide bonds. The number of benzene rings is 2. The first kappa shape index (κ1) is 19.4. The van der Waals surface area contributed by atoms with Gasteiger partial charge in [-0.1, -0.05) is 30.3 Å². The van der Waals surface area contributed by atoms with E-state index in [0.29, 0.717) is 18.0 Å². The molecule has 3 rings (SSSR count). The Labute approximate surface area is 163 Å². The van der Waals surface area contributed by atoms with Gasteiger partial charge in [-0.25, -0.2) is 4.68 Å². The maximum atomic E-state index is 12.9. The molecule has 2 aromatic carbocycles. The van der Waals surface area contributed by atoms with Gasteiger partial charge in [0.25, 0.3) is 11.5 Å². The zero-order chi connectivity index (χ0) is 20.1. The fourth-order valence-corrected chi connectivity index (χ4v) is 2.76. The summed E-state index contributed by atoms with van der Waals surface area (Å²) in [4.78, 5) is 25.3. The van der Waals surface area contributed by atoms with Crippen LogP contribution in [0.15, 0.2) is 71.5 Å². The molecule has 1 aromatic heterocycles. The highest BCUT2D eigenvalue weighted by Gasteiger charge is 2.32. The van der Waals surface area contributed by atoms with E-state index in [4.69, 9.17) is 4.74 Å². The molecule has 28 heavy (non-hydrogen) atoms. The summed E-state index contributed by atoms with van der Waals surface area (Å²) >= 11 is 0. The van der Waals surface area contributed by atoms with Crippen molar-refractivity contribution in [1.29, 1.82) is 0 Å². The van der Waals surface area contributed by atoms with Gasteiger partial charge in [-0.05, 0) is 51.1 Å². The molecule has 0 unspecified atom stereocenters. The van der Waals surface area contributed by atoms with Gasteiger partial charge >= 0.3 is 0 Å². The van der Waals surface area contributed by atoms with Gasteiger partial charge in [0.2, 0.25) is 0 Å². The van der Waals surface area contributed by atoms with Gasteiger partial charge in [0.15, 0.2) is 0 Å². The molecular formula is C22H23N3O3. The van der Waals surface area contributed by atoms with Crippen LogP contribution in [-0.4, -0.2) is 22.3 Å². The molecule has 0 spiro atoms. The Morgan fingerprint density at radius 3 is 2.36 bits per heavy atom. The largest absolute Gasteiger partial charge is 0.494 e. The summed E-state index contributed by atoms with van der Waals surface area (Å²) in [7, 11) is 0. The number of amides is 1. The first-order valence-corrected chi connectivity index (χ1v) is 9.12. The average Bonchev–Trinajstić information content (AvgIpc) is 2.70. The number of hydrogen-bond donors (Lipinski definition) is 1. The van der Waals surface area contributed by atoms with Crippen molar-refractivity contribution in [3.63, 3.8) is 0 Å². The molecule has 144 valence electrons. The van der Waals surface area contributed by atoms with Gasteiger partial charge in [0.1, 0.15) is 11.3 Å². The number of anilines is 1. The lowest BCUT2D eigenvalue weighted by molar-refractivity contribution is -0.123. The van der Waals surface area contributed by atoms with E-state index in [0.717, 1.165) is 11.3 Å². The first-order valence-electron chi connectivity index (χ1n) is 9.12. The number of hydrogen-bond acceptors (Lipinski definition) is 4. The van der Waals surface area contributed by atoms with Crippen molar-refractivity contribution in [2.75, 3.05) is 11.9 Å². The standard InChI is InChI=1S/C22H23N3O3/c1-4-28-18-12-10-17(11-13-18)23-21(27)22(2,3)25-20(26)15-14-19(24-25)16-8-6-5-7-9-16/h5-15H,4H2,1-3H3,(H,23,27). The normalized spacial score (nSPS) is 11.1. The van der Waals surface area contributed by atoms with Crippen LogP contribution in [0, 0.1) is 0 Å².